The highest BCUT2D eigenvalue weighted by molar-refractivity contribution is 5.94. The Labute approximate surface area is 206 Å². The number of carbonyl (C=O) groups is 2. The van der Waals surface area contributed by atoms with Crippen LogP contribution in [-0.2, 0) is 16.0 Å². The maximum absolute atomic E-state index is 11.4. The van der Waals surface area contributed by atoms with Crippen LogP contribution in [0.2, 0.25) is 0 Å². The molecule has 0 saturated heterocycles. The Morgan fingerprint density at radius 3 is 1.62 bits per heavy atom. The van der Waals surface area contributed by atoms with Crippen molar-refractivity contribution in [3.63, 3.8) is 0 Å². The number of para-hydroxylation sites is 1. The van der Waals surface area contributed by atoms with E-state index in [1.807, 2.05) is 65.0 Å². The average molecular weight is 470 g/mol. The lowest BCUT2D eigenvalue weighted by Gasteiger charge is -2.07. The average Bonchev–Trinajstić information content (AvgIpc) is 2.74. The van der Waals surface area contributed by atoms with Crippen LogP contribution in [0.4, 0.5) is 0 Å². The summed E-state index contributed by atoms with van der Waals surface area (Å²) in [5, 5.41) is 21.4. The van der Waals surface area contributed by atoms with Crippen molar-refractivity contribution in [2.45, 2.75) is 68.7 Å². The minimum atomic E-state index is -0.0625. The molecule has 5 nitrogen and oxygen atoms in total. The first-order chi connectivity index (χ1) is 15.3. The van der Waals surface area contributed by atoms with Gasteiger partial charge < -0.3 is 15.5 Å². The largest absolute Gasteiger partial charge is 0.507 e. The van der Waals surface area contributed by atoms with Crippen LogP contribution in [0, 0.1) is 27.7 Å². The molecular weight excluding hydrogens is 426 g/mol. The molecule has 0 spiro atoms. The van der Waals surface area contributed by atoms with Crippen LogP contribution in [0.5, 0.6) is 11.5 Å². The maximum Gasteiger partial charge on any atom is 0.246 e. The smallest absolute Gasteiger partial charge is 0.246 e. The summed E-state index contributed by atoms with van der Waals surface area (Å²) in [6, 6.07) is 9.57. The third-order valence-corrected chi connectivity index (χ3v) is 4.83. The summed E-state index contributed by atoms with van der Waals surface area (Å²) in [6.45, 7) is 20.6. The zero-order valence-corrected chi connectivity index (χ0v) is 21.1. The Kier molecular flexibility index (Phi) is 15.7. The van der Waals surface area contributed by atoms with Crippen molar-refractivity contribution < 1.29 is 19.8 Å². The molecule has 5 heteroatoms. The lowest BCUT2D eigenvalue weighted by Crippen LogP contribution is -2.22. The number of hydrogen-bond acceptors (Lipinski definition) is 4. The van der Waals surface area contributed by atoms with Gasteiger partial charge in [0.05, 0.1) is 0 Å². The van der Waals surface area contributed by atoms with E-state index in [2.05, 4.69) is 18.5 Å². The first-order valence-electron chi connectivity index (χ1n) is 11.0. The number of hydrogen-bond donors (Lipinski definition) is 3. The summed E-state index contributed by atoms with van der Waals surface area (Å²) in [5.74, 6) is 0.795. The van der Waals surface area contributed by atoms with Gasteiger partial charge in [-0.2, -0.15) is 0 Å². The van der Waals surface area contributed by atoms with E-state index in [0.29, 0.717) is 42.0 Å². The molecule has 0 atom stereocenters. The molecular formula is C29H43NO4. The van der Waals surface area contributed by atoms with Crippen molar-refractivity contribution in [3.8, 4) is 11.5 Å². The van der Waals surface area contributed by atoms with E-state index < -0.39 is 0 Å². The Bertz CT molecular complexity index is 946. The molecule has 0 saturated carbocycles. The molecule has 1 amide bonds. The van der Waals surface area contributed by atoms with Crippen molar-refractivity contribution in [2.24, 2.45) is 0 Å². The molecule has 0 aromatic heterocycles. The zero-order valence-electron chi connectivity index (χ0n) is 21.1. The maximum atomic E-state index is 11.4. The Balaban J connectivity index is 0. The molecule has 2 rings (SSSR count). The van der Waals surface area contributed by atoms with Gasteiger partial charge in [-0.3, -0.25) is 9.59 Å². The van der Waals surface area contributed by atoms with Crippen molar-refractivity contribution in [1.82, 2.24) is 5.32 Å². The molecule has 188 valence electrons. The molecule has 34 heavy (non-hydrogen) atoms. The van der Waals surface area contributed by atoms with Gasteiger partial charge in [-0.15, -0.1) is 0 Å². The first kappa shape index (κ1) is 32.8. The Morgan fingerprint density at radius 2 is 1.29 bits per heavy atom. The molecule has 0 aliphatic carbocycles. The van der Waals surface area contributed by atoms with E-state index in [4.69, 9.17) is 0 Å². The van der Waals surface area contributed by atoms with Crippen LogP contribution in [0.25, 0.3) is 0 Å². The van der Waals surface area contributed by atoms with E-state index in [1.165, 1.54) is 0 Å². The van der Waals surface area contributed by atoms with E-state index in [9.17, 15) is 19.8 Å². The number of phenols is 2. The summed E-state index contributed by atoms with van der Waals surface area (Å²) < 4.78 is 0. The van der Waals surface area contributed by atoms with Crippen LogP contribution in [0.15, 0.2) is 54.6 Å². The minimum absolute atomic E-state index is 0. The van der Waals surface area contributed by atoms with E-state index in [-0.39, 0.29) is 19.1 Å². The number of aryl methyl sites for hydroxylation is 5. The number of ketones is 1. The van der Waals surface area contributed by atoms with Crippen LogP contribution in [-0.4, -0.2) is 28.4 Å². The summed E-state index contributed by atoms with van der Waals surface area (Å²) in [4.78, 5) is 21.9. The lowest BCUT2D eigenvalue weighted by atomic mass is 10.00. The van der Waals surface area contributed by atoms with Crippen molar-refractivity contribution in [2.75, 3.05) is 6.54 Å². The van der Waals surface area contributed by atoms with Crippen LogP contribution < -0.4 is 5.32 Å². The Morgan fingerprint density at radius 1 is 0.853 bits per heavy atom. The standard InChI is InChI=1S/C14H18O2.C8H10O.C6H11NO.CH4/c1-9(2)13(15)6-5-12-7-10(3)14(16)11(4)8-12;1-6-4-3-5-7(2)8(6)9;1-4-7-6(8)5(2)3;/h7-8,16H,1,5-6H2,2-4H3;3-5,9H,1-2H3;2,4H2,1,3H3,(H,7,8);1H4. The summed E-state index contributed by atoms with van der Waals surface area (Å²) in [5.41, 5.74) is 5.85. The normalized spacial score (nSPS) is 9.26. The third kappa shape index (κ3) is 12.0. The van der Waals surface area contributed by atoms with Crippen LogP contribution >= 0.6 is 0 Å². The quantitative estimate of drug-likeness (QED) is 0.425. The van der Waals surface area contributed by atoms with Crippen molar-refractivity contribution in [1.29, 1.82) is 0 Å². The Hall–Kier alpha value is -3.34. The molecule has 0 fully saturated rings. The monoisotopic (exact) mass is 469 g/mol. The molecule has 0 unspecified atom stereocenters. The van der Waals surface area contributed by atoms with E-state index in [1.54, 1.807) is 13.8 Å². The first-order valence-corrected chi connectivity index (χ1v) is 11.0. The number of rotatable bonds is 6. The van der Waals surface area contributed by atoms with Gasteiger partial charge in [-0.25, -0.2) is 0 Å². The second-order valence-electron chi connectivity index (χ2n) is 8.16. The fraction of sp³-hybridized carbons (Fsp3) is 0.379. The SMILES string of the molecule is C.C=C(C)C(=O)CCc1cc(C)c(O)c(C)c1.C=C(C)C(=O)NCC.Cc1cccc(C)c1O. The van der Waals surface area contributed by atoms with Gasteiger partial charge in [0, 0.05) is 18.5 Å². The molecule has 2 aromatic rings. The van der Waals surface area contributed by atoms with E-state index in [0.717, 1.165) is 27.8 Å². The van der Waals surface area contributed by atoms with Crippen molar-refractivity contribution in [3.05, 3.63) is 82.5 Å². The number of likely N-dealkylation sites (N-methyl/N-ethyl adjacent to an activating group) is 1. The minimum Gasteiger partial charge on any atom is -0.507 e. The van der Waals surface area contributed by atoms with Gasteiger partial charge in [0.15, 0.2) is 5.78 Å². The number of carbonyl (C=O) groups excluding carboxylic acids is 2. The molecule has 2 aromatic carbocycles. The fourth-order valence-corrected chi connectivity index (χ4v) is 2.78. The molecule has 3 N–H and O–H groups in total. The highest BCUT2D eigenvalue weighted by atomic mass is 16.3. The molecule has 0 bridgehead atoms. The number of phenolic OH excluding ortho intramolecular Hbond substituents is 2. The second-order valence-corrected chi connectivity index (χ2v) is 8.16. The summed E-state index contributed by atoms with van der Waals surface area (Å²) >= 11 is 0. The van der Waals surface area contributed by atoms with Crippen LogP contribution in [0.1, 0.15) is 62.4 Å². The highest BCUT2D eigenvalue weighted by Crippen LogP contribution is 2.23. The topological polar surface area (TPSA) is 86.6 Å². The predicted octanol–water partition coefficient (Wildman–Crippen LogP) is 6.43. The summed E-state index contributed by atoms with van der Waals surface area (Å²) in [7, 11) is 0. The number of aromatic hydroxyl groups is 2. The van der Waals surface area contributed by atoms with E-state index >= 15 is 0 Å². The molecule has 0 heterocycles. The van der Waals surface area contributed by atoms with Gasteiger partial charge in [0.2, 0.25) is 5.91 Å². The van der Waals surface area contributed by atoms with Gasteiger partial charge in [-0.1, -0.05) is 50.9 Å². The number of allylic oxidation sites excluding steroid dienone is 1. The number of benzene rings is 2. The van der Waals surface area contributed by atoms with Crippen LogP contribution in [0.3, 0.4) is 0 Å². The summed E-state index contributed by atoms with van der Waals surface area (Å²) in [6.07, 6.45) is 1.19. The number of nitrogens with one attached hydrogen (secondary N) is 1. The molecule has 0 radical (unpaired) electrons. The highest BCUT2D eigenvalue weighted by Gasteiger charge is 2.06. The third-order valence-electron chi connectivity index (χ3n) is 4.83. The van der Waals surface area contributed by atoms with Gasteiger partial charge in [0.25, 0.3) is 0 Å². The predicted molar refractivity (Wildman–Crippen MR) is 144 cm³/mol. The number of amides is 1. The van der Waals surface area contributed by atoms with Gasteiger partial charge in [-0.05, 0) is 88.3 Å². The van der Waals surface area contributed by atoms with Crippen molar-refractivity contribution >= 4 is 11.7 Å². The lowest BCUT2D eigenvalue weighted by molar-refractivity contribution is -0.117. The van der Waals surface area contributed by atoms with Gasteiger partial charge >= 0.3 is 0 Å². The molecule has 0 aliphatic heterocycles. The molecule has 0 aliphatic rings. The second kappa shape index (κ2) is 16.3. The zero-order chi connectivity index (χ0) is 25.7. The van der Waals surface area contributed by atoms with Gasteiger partial charge in [0.1, 0.15) is 11.5 Å². The fourth-order valence-electron chi connectivity index (χ4n) is 2.78. The number of Topliss-reactive ketones (excluding diaryl/α,β-unsaturated/α-hetero) is 1.